The fraction of sp³-hybridized carbons (Fsp3) is 0.643. The van der Waals surface area contributed by atoms with Crippen LogP contribution in [-0.4, -0.2) is 34.5 Å². The molecule has 21 heavy (non-hydrogen) atoms. The number of nitrogens with one attached hydrogen (secondary N) is 2. The molecule has 1 unspecified atom stereocenters. The van der Waals surface area contributed by atoms with Crippen LogP contribution in [0.15, 0.2) is 12.3 Å². The molecular weight excluding hydrogens is 272 g/mol. The molecule has 7 nitrogen and oxygen atoms in total. The molecule has 1 atom stereocenters. The third-order valence-corrected chi connectivity index (χ3v) is 3.74. The molecule has 7 heteroatoms. The molecule has 0 spiro atoms. The first kappa shape index (κ1) is 15.5. The predicted octanol–water partition coefficient (Wildman–Crippen LogP) is 1.85. The van der Waals surface area contributed by atoms with E-state index in [2.05, 4.69) is 10.6 Å². The third kappa shape index (κ3) is 3.81. The molecular formula is C14H22N4O3. The van der Waals surface area contributed by atoms with Crippen molar-refractivity contribution in [2.45, 2.75) is 45.2 Å². The van der Waals surface area contributed by atoms with Crippen molar-refractivity contribution in [3.63, 3.8) is 0 Å². The first-order valence-corrected chi connectivity index (χ1v) is 7.37. The predicted molar refractivity (Wildman–Crippen MR) is 79.4 cm³/mol. The SMILES string of the molecule is CC(C)n1cc([N+](=O)[O-])cc1C(=O)NC1CCCNCC1. The van der Waals surface area contributed by atoms with E-state index in [1.807, 2.05) is 13.8 Å². The van der Waals surface area contributed by atoms with Gasteiger partial charge in [0.05, 0.1) is 11.1 Å². The normalized spacial score (nSPS) is 19.3. The number of rotatable bonds is 4. The first-order chi connectivity index (χ1) is 9.99. The summed E-state index contributed by atoms with van der Waals surface area (Å²) < 4.78 is 1.66. The van der Waals surface area contributed by atoms with Gasteiger partial charge in [-0.25, -0.2) is 0 Å². The molecule has 1 amide bonds. The summed E-state index contributed by atoms with van der Waals surface area (Å²) in [5.74, 6) is -0.233. The van der Waals surface area contributed by atoms with Crippen LogP contribution in [0, 0.1) is 10.1 Å². The molecule has 0 radical (unpaired) electrons. The summed E-state index contributed by atoms with van der Waals surface area (Å²) in [4.78, 5) is 22.8. The largest absolute Gasteiger partial charge is 0.348 e. The number of hydrogen-bond acceptors (Lipinski definition) is 4. The summed E-state index contributed by atoms with van der Waals surface area (Å²) in [6, 6.07) is 1.47. The lowest BCUT2D eigenvalue weighted by molar-refractivity contribution is -0.384. The van der Waals surface area contributed by atoms with Crippen molar-refractivity contribution in [3.8, 4) is 0 Å². The highest BCUT2D eigenvalue weighted by atomic mass is 16.6. The zero-order chi connectivity index (χ0) is 15.4. The average Bonchev–Trinajstić information content (AvgIpc) is 2.73. The van der Waals surface area contributed by atoms with E-state index in [-0.39, 0.29) is 23.7 Å². The van der Waals surface area contributed by atoms with Crippen LogP contribution in [0.4, 0.5) is 5.69 Å². The Morgan fingerprint density at radius 2 is 2.24 bits per heavy atom. The Bertz CT molecular complexity index is 516. The molecule has 0 saturated carbocycles. The van der Waals surface area contributed by atoms with E-state index in [9.17, 15) is 14.9 Å². The van der Waals surface area contributed by atoms with E-state index >= 15 is 0 Å². The van der Waals surface area contributed by atoms with Crippen LogP contribution in [0.2, 0.25) is 0 Å². The van der Waals surface area contributed by atoms with Crippen molar-refractivity contribution < 1.29 is 9.72 Å². The summed E-state index contributed by atoms with van der Waals surface area (Å²) in [6.07, 6.45) is 4.27. The molecule has 1 aliphatic rings. The van der Waals surface area contributed by atoms with Gasteiger partial charge >= 0.3 is 0 Å². The van der Waals surface area contributed by atoms with Crippen LogP contribution in [0.3, 0.4) is 0 Å². The van der Waals surface area contributed by atoms with Gasteiger partial charge in [0.25, 0.3) is 11.6 Å². The summed E-state index contributed by atoms with van der Waals surface area (Å²) in [6.45, 7) is 5.66. The van der Waals surface area contributed by atoms with Crippen molar-refractivity contribution in [1.29, 1.82) is 0 Å². The molecule has 0 bridgehead atoms. The first-order valence-electron chi connectivity index (χ1n) is 7.37. The number of aromatic nitrogens is 1. The highest BCUT2D eigenvalue weighted by molar-refractivity contribution is 5.93. The van der Waals surface area contributed by atoms with Crippen LogP contribution in [0.1, 0.15) is 49.6 Å². The van der Waals surface area contributed by atoms with Gasteiger partial charge in [-0.05, 0) is 46.2 Å². The maximum Gasteiger partial charge on any atom is 0.287 e. The van der Waals surface area contributed by atoms with Crippen LogP contribution in [-0.2, 0) is 0 Å². The standard InChI is InChI=1S/C14H22N4O3/c1-10(2)17-9-12(18(20)21)8-13(17)14(19)16-11-4-3-6-15-7-5-11/h8-11,15H,3-7H2,1-2H3,(H,16,19). The van der Waals surface area contributed by atoms with E-state index in [4.69, 9.17) is 0 Å². The molecule has 116 valence electrons. The summed E-state index contributed by atoms with van der Waals surface area (Å²) in [7, 11) is 0. The van der Waals surface area contributed by atoms with Gasteiger partial charge in [-0.15, -0.1) is 0 Å². The number of amides is 1. The molecule has 2 heterocycles. The molecule has 1 saturated heterocycles. The maximum atomic E-state index is 12.4. The lowest BCUT2D eigenvalue weighted by atomic mass is 10.1. The Hall–Kier alpha value is -1.89. The maximum absolute atomic E-state index is 12.4. The molecule has 1 aromatic rings. The minimum atomic E-state index is -0.467. The van der Waals surface area contributed by atoms with Crippen LogP contribution < -0.4 is 10.6 Å². The van der Waals surface area contributed by atoms with Gasteiger partial charge in [0.1, 0.15) is 5.69 Å². The monoisotopic (exact) mass is 294 g/mol. The second-order valence-electron chi connectivity index (χ2n) is 5.69. The second-order valence-corrected chi connectivity index (χ2v) is 5.69. The smallest absolute Gasteiger partial charge is 0.287 e. The Labute approximate surface area is 123 Å². The van der Waals surface area contributed by atoms with Crippen molar-refractivity contribution >= 4 is 11.6 Å². The Morgan fingerprint density at radius 3 is 2.90 bits per heavy atom. The summed E-state index contributed by atoms with van der Waals surface area (Å²) >= 11 is 0. The molecule has 2 rings (SSSR count). The molecule has 1 fully saturated rings. The van der Waals surface area contributed by atoms with Crippen molar-refractivity contribution in [1.82, 2.24) is 15.2 Å². The van der Waals surface area contributed by atoms with Gasteiger partial charge in [0, 0.05) is 18.2 Å². The van der Waals surface area contributed by atoms with Gasteiger partial charge in [-0.3, -0.25) is 14.9 Å². The molecule has 0 aromatic carbocycles. The number of nitrogens with zero attached hydrogens (tertiary/aromatic N) is 2. The Kier molecular flexibility index (Phi) is 4.95. The highest BCUT2D eigenvalue weighted by Crippen LogP contribution is 2.21. The van der Waals surface area contributed by atoms with E-state index in [0.717, 1.165) is 32.4 Å². The number of carbonyl (C=O) groups excluding carboxylic acids is 1. The van der Waals surface area contributed by atoms with Crippen LogP contribution in [0.25, 0.3) is 0 Å². The second kappa shape index (κ2) is 6.71. The number of hydrogen-bond donors (Lipinski definition) is 2. The van der Waals surface area contributed by atoms with Gasteiger partial charge in [0.2, 0.25) is 0 Å². The fourth-order valence-corrected chi connectivity index (χ4v) is 2.60. The van der Waals surface area contributed by atoms with Crippen molar-refractivity contribution in [2.24, 2.45) is 0 Å². The van der Waals surface area contributed by atoms with Gasteiger partial charge in [-0.1, -0.05) is 0 Å². The zero-order valence-corrected chi connectivity index (χ0v) is 12.5. The topological polar surface area (TPSA) is 89.2 Å². The minimum Gasteiger partial charge on any atom is -0.348 e. The Morgan fingerprint density at radius 1 is 1.48 bits per heavy atom. The lowest BCUT2D eigenvalue weighted by Gasteiger charge is -2.17. The quantitative estimate of drug-likeness (QED) is 0.655. The Balaban J connectivity index is 2.15. The number of nitro groups is 1. The molecule has 0 aliphatic carbocycles. The summed E-state index contributed by atoms with van der Waals surface area (Å²) in [5, 5.41) is 17.2. The molecule has 1 aliphatic heterocycles. The van der Waals surface area contributed by atoms with Crippen LogP contribution in [0.5, 0.6) is 0 Å². The highest BCUT2D eigenvalue weighted by Gasteiger charge is 2.23. The van der Waals surface area contributed by atoms with Crippen molar-refractivity contribution in [3.05, 3.63) is 28.1 Å². The van der Waals surface area contributed by atoms with E-state index in [0.29, 0.717) is 5.69 Å². The van der Waals surface area contributed by atoms with E-state index in [1.54, 1.807) is 4.57 Å². The molecule has 2 N–H and O–H groups in total. The van der Waals surface area contributed by atoms with Gasteiger partial charge < -0.3 is 15.2 Å². The van der Waals surface area contributed by atoms with Gasteiger partial charge in [0.15, 0.2) is 0 Å². The summed E-state index contributed by atoms with van der Waals surface area (Å²) in [5.41, 5.74) is 0.310. The van der Waals surface area contributed by atoms with Crippen molar-refractivity contribution in [2.75, 3.05) is 13.1 Å². The van der Waals surface area contributed by atoms with E-state index < -0.39 is 4.92 Å². The zero-order valence-electron chi connectivity index (χ0n) is 12.5. The fourth-order valence-electron chi connectivity index (χ4n) is 2.60. The van der Waals surface area contributed by atoms with E-state index in [1.165, 1.54) is 12.3 Å². The van der Waals surface area contributed by atoms with Gasteiger partial charge in [-0.2, -0.15) is 0 Å². The number of carbonyl (C=O) groups is 1. The minimum absolute atomic E-state index is 0.00440. The lowest BCUT2D eigenvalue weighted by Crippen LogP contribution is -2.36. The molecule has 1 aromatic heterocycles. The third-order valence-electron chi connectivity index (χ3n) is 3.74. The van der Waals surface area contributed by atoms with Crippen LogP contribution >= 0.6 is 0 Å². The average molecular weight is 294 g/mol.